The molecule has 140 valence electrons. The molecule has 0 saturated carbocycles. The third-order valence-corrected chi connectivity index (χ3v) is 8.36. The summed E-state index contributed by atoms with van der Waals surface area (Å²) >= 11 is 6.36. The van der Waals surface area contributed by atoms with Crippen LogP contribution in [0, 0.1) is 0 Å². The molecular formula is C18H22N2O3S3. The highest BCUT2D eigenvalue weighted by atomic mass is 32.2. The minimum atomic E-state index is -3.52. The van der Waals surface area contributed by atoms with Gasteiger partial charge in [-0.15, -0.1) is 11.3 Å². The van der Waals surface area contributed by atoms with E-state index in [2.05, 4.69) is 5.32 Å². The van der Waals surface area contributed by atoms with Crippen molar-refractivity contribution in [1.29, 1.82) is 0 Å². The van der Waals surface area contributed by atoms with Crippen LogP contribution in [0.3, 0.4) is 0 Å². The number of para-hydroxylation sites is 1. The van der Waals surface area contributed by atoms with Gasteiger partial charge in [-0.1, -0.05) is 36.5 Å². The summed E-state index contributed by atoms with van der Waals surface area (Å²) in [5.41, 5.74) is 8.44. The van der Waals surface area contributed by atoms with E-state index >= 15 is 0 Å². The zero-order valence-electron chi connectivity index (χ0n) is 14.5. The molecule has 3 rings (SSSR count). The Hall–Kier alpha value is -1.48. The van der Waals surface area contributed by atoms with Crippen LogP contribution in [0.5, 0.6) is 0 Å². The first kappa shape index (κ1) is 19.3. The molecule has 0 aliphatic carbocycles. The number of hydrogen-bond acceptors (Lipinski definition) is 6. The second kappa shape index (κ2) is 8.04. The second-order valence-electron chi connectivity index (χ2n) is 6.14. The lowest BCUT2D eigenvalue weighted by atomic mass is 10.0. The van der Waals surface area contributed by atoms with Gasteiger partial charge >= 0.3 is 0 Å². The Morgan fingerprint density at radius 3 is 2.88 bits per heavy atom. The van der Waals surface area contributed by atoms with Crippen molar-refractivity contribution in [2.24, 2.45) is 5.73 Å². The quantitative estimate of drug-likeness (QED) is 0.513. The molecule has 0 bridgehead atoms. The van der Waals surface area contributed by atoms with Gasteiger partial charge in [-0.3, -0.25) is 0 Å². The van der Waals surface area contributed by atoms with E-state index in [-0.39, 0.29) is 6.04 Å². The standard InChI is InChI=1S/C18H22N2O3S3/c1-2-23-9-8-15(26(21,22)16-7-4-10-25-16)13-6-3-5-12-11-14(18(19)24)20-17(12)13/h3-7,10,14-15,20H,2,8-9,11H2,1H3,(H2,19,24). The summed E-state index contributed by atoms with van der Waals surface area (Å²) in [6.45, 7) is 2.84. The maximum atomic E-state index is 13.3. The van der Waals surface area contributed by atoms with Gasteiger partial charge in [0.05, 0.1) is 16.3 Å². The van der Waals surface area contributed by atoms with Gasteiger partial charge in [0, 0.05) is 25.3 Å². The number of thiocarbonyl (C=S) groups is 1. The zero-order chi connectivity index (χ0) is 18.7. The van der Waals surface area contributed by atoms with Gasteiger partial charge in [0.1, 0.15) is 4.21 Å². The minimum absolute atomic E-state index is 0.141. The first-order chi connectivity index (χ1) is 12.4. The largest absolute Gasteiger partial charge is 0.392 e. The van der Waals surface area contributed by atoms with Crippen LogP contribution >= 0.6 is 23.6 Å². The average Bonchev–Trinajstić information content (AvgIpc) is 3.27. The Balaban J connectivity index is 2.02. The summed E-state index contributed by atoms with van der Waals surface area (Å²) in [5, 5.41) is 4.42. The third kappa shape index (κ3) is 3.78. The summed E-state index contributed by atoms with van der Waals surface area (Å²) in [4.78, 5) is 0.388. The molecule has 2 aromatic rings. The van der Waals surface area contributed by atoms with E-state index in [1.807, 2.05) is 25.1 Å². The zero-order valence-corrected chi connectivity index (χ0v) is 16.9. The lowest BCUT2D eigenvalue weighted by Gasteiger charge is -2.21. The first-order valence-electron chi connectivity index (χ1n) is 8.48. The number of anilines is 1. The summed E-state index contributed by atoms with van der Waals surface area (Å²) in [6, 6.07) is 9.03. The molecule has 1 aromatic carbocycles. The number of sulfone groups is 1. The third-order valence-electron chi connectivity index (χ3n) is 4.49. The molecular weight excluding hydrogens is 388 g/mol. The van der Waals surface area contributed by atoms with Crippen LogP contribution in [0.4, 0.5) is 5.69 Å². The normalized spacial score (nSPS) is 17.5. The lowest BCUT2D eigenvalue weighted by Crippen LogP contribution is -2.32. The number of thiophene rings is 1. The van der Waals surface area contributed by atoms with Gasteiger partial charge in [-0.05, 0) is 35.9 Å². The molecule has 1 aliphatic rings. The van der Waals surface area contributed by atoms with Crippen LogP contribution in [0.2, 0.25) is 0 Å². The molecule has 0 fully saturated rings. The number of hydrogen-bond donors (Lipinski definition) is 2. The molecule has 0 amide bonds. The lowest BCUT2D eigenvalue weighted by molar-refractivity contribution is 0.144. The van der Waals surface area contributed by atoms with Crippen LogP contribution in [0.25, 0.3) is 0 Å². The maximum absolute atomic E-state index is 13.3. The number of rotatable bonds is 8. The Labute approximate surface area is 163 Å². The fourth-order valence-electron chi connectivity index (χ4n) is 3.23. The molecule has 3 N–H and O–H groups in total. The van der Waals surface area contributed by atoms with Gasteiger partial charge < -0.3 is 15.8 Å². The van der Waals surface area contributed by atoms with Crippen molar-refractivity contribution in [3.8, 4) is 0 Å². The van der Waals surface area contributed by atoms with Crippen molar-refractivity contribution in [3.05, 3.63) is 46.8 Å². The Morgan fingerprint density at radius 1 is 1.42 bits per heavy atom. The Kier molecular flexibility index (Phi) is 5.96. The summed E-state index contributed by atoms with van der Waals surface area (Å²) in [7, 11) is -3.52. The molecule has 0 radical (unpaired) electrons. The molecule has 2 atom stereocenters. The van der Waals surface area contributed by atoms with E-state index < -0.39 is 15.1 Å². The summed E-state index contributed by atoms with van der Waals surface area (Å²) < 4.78 is 32.4. The Bertz CT molecular complexity index is 879. The Morgan fingerprint density at radius 2 is 2.23 bits per heavy atom. The summed E-state index contributed by atoms with van der Waals surface area (Å²) in [6.07, 6.45) is 1.07. The van der Waals surface area contributed by atoms with Crippen molar-refractivity contribution in [2.75, 3.05) is 18.5 Å². The van der Waals surface area contributed by atoms with Crippen molar-refractivity contribution in [2.45, 2.75) is 35.3 Å². The fraction of sp³-hybridized carbons (Fsp3) is 0.389. The van der Waals surface area contributed by atoms with Crippen LogP contribution in [-0.2, 0) is 21.0 Å². The molecule has 0 spiro atoms. The van der Waals surface area contributed by atoms with Crippen LogP contribution in [0.15, 0.2) is 39.9 Å². The highest BCUT2D eigenvalue weighted by molar-refractivity contribution is 7.93. The number of ether oxygens (including phenoxy) is 1. The molecule has 26 heavy (non-hydrogen) atoms. The number of fused-ring (bicyclic) bond motifs is 1. The predicted molar refractivity (Wildman–Crippen MR) is 110 cm³/mol. The SMILES string of the molecule is CCOCCC(c1cccc2c1NC(C(N)=S)C2)S(=O)(=O)c1cccs1. The van der Waals surface area contributed by atoms with E-state index in [4.69, 9.17) is 22.7 Å². The predicted octanol–water partition coefficient (Wildman–Crippen LogP) is 3.31. The highest BCUT2D eigenvalue weighted by Gasteiger charge is 2.34. The number of nitrogens with two attached hydrogens (primary N) is 1. The fourth-order valence-corrected chi connectivity index (χ4v) is 6.36. The molecule has 8 heteroatoms. The van der Waals surface area contributed by atoms with Gasteiger partial charge in [-0.25, -0.2) is 8.42 Å². The van der Waals surface area contributed by atoms with E-state index in [9.17, 15) is 8.42 Å². The average molecular weight is 411 g/mol. The molecule has 1 aliphatic heterocycles. The van der Waals surface area contributed by atoms with Crippen molar-refractivity contribution in [1.82, 2.24) is 0 Å². The molecule has 0 saturated heterocycles. The van der Waals surface area contributed by atoms with E-state index in [0.717, 1.165) is 16.8 Å². The van der Waals surface area contributed by atoms with Gasteiger partial charge in [0.15, 0.2) is 9.84 Å². The first-order valence-corrected chi connectivity index (χ1v) is 11.3. The molecule has 2 heterocycles. The van der Waals surface area contributed by atoms with Gasteiger partial charge in [0.2, 0.25) is 0 Å². The number of benzene rings is 1. The topological polar surface area (TPSA) is 81.4 Å². The van der Waals surface area contributed by atoms with Gasteiger partial charge in [0.25, 0.3) is 0 Å². The van der Waals surface area contributed by atoms with Crippen molar-refractivity contribution < 1.29 is 13.2 Å². The smallest absolute Gasteiger partial charge is 0.194 e. The number of nitrogens with one attached hydrogen (secondary N) is 1. The molecule has 1 aromatic heterocycles. The minimum Gasteiger partial charge on any atom is -0.392 e. The molecule has 2 unspecified atom stereocenters. The monoisotopic (exact) mass is 410 g/mol. The van der Waals surface area contributed by atoms with E-state index in [0.29, 0.717) is 35.3 Å². The maximum Gasteiger partial charge on any atom is 0.194 e. The van der Waals surface area contributed by atoms with Gasteiger partial charge in [-0.2, -0.15) is 0 Å². The van der Waals surface area contributed by atoms with Crippen LogP contribution in [0.1, 0.15) is 29.7 Å². The molecule has 5 nitrogen and oxygen atoms in total. The van der Waals surface area contributed by atoms with Crippen LogP contribution < -0.4 is 11.1 Å². The van der Waals surface area contributed by atoms with E-state index in [1.165, 1.54) is 11.3 Å². The van der Waals surface area contributed by atoms with E-state index in [1.54, 1.807) is 17.5 Å². The van der Waals surface area contributed by atoms with Crippen molar-refractivity contribution >= 4 is 44.1 Å². The highest BCUT2D eigenvalue weighted by Crippen LogP contribution is 2.41. The second-order valence-corrected chi connectivity index (χ2v) is 9.91. The summed E-state index contributed by atoms with van der Waals surface area (Å²) in [5.74, 6) is 0. The van der Waals surface area contributed by atoms with Crippen LogP contribution in [-0.4, -0.2) is 32.7 Å². The van der Waals surface area contributed by atoms with Crippen molar-refractivity contribution in [3.63, 3.8) is 0 Å².